The standard InChI is InChI=1S/C7H12N2O2S/c1-4(3-8)12-5-2-6(10)9-7(5)11/h4-5H,2-3,8H2,1H3,(H,9,10,11). The van der Waals surface area contributed by atoms with Gasteiger partial charge in [-0.1, -0.05) is 6.92 Å². The molecule has 12 heavy (non-hydrogen) atoms. The molecule has 68 valence electrons. The number of rotatable bonds is 3. The summed E-state index contributed by atoms with van der Waals surface area (Å²) in [6.07, 6.45) is 0.299. The first-order valence-corrected chi connectivity index (χ1v) is 4.77. The van der Waals surface area contributed by atoms with Gasteiger partial charge >= 0.3 is 0 Å². The molecular formula is C7H12N2O2S. The van der Waals surface area contributed by atoms with E-state index in [1.54, 1.807) is 0 Å². The van der Waals surface area contributed by atoms with Crippen LogP contribution in [0.15, 0.2) is 0 Å². The van der Waals surface area contributed by atoms with Crippen LogP contribution in [0.4, 0.5) is 0 Å². The molecule has 0 saturated carbocycles. The van der Waals surface area contributed by atoms with Crippen LogP contribution >= 0.6 is 11.8 Å². The minimum atomic E-state index is -0.226. The molecule has 2 amide bonds. The van der Waals surface area contributed by atoms with Gasteiger partial charge in [0, 0.05) is 18.2 Å². The van der Waals surface area contributed by atoms with Gasteiger partial charge in [0.1, 0.15) is 0 Å². The molecule has 1 fully saturated rings. The average Bonchev–Trinajstić information content (AvgIpc) is 2.30. The molecular weight excluding hydrogens is 176 g/mol. The van der Waals surface area contributed by atoms with E-state index in [4.69, 9.17) is 5.73 Å². The monoisotopic (exact) mass is 188 g/mol. The largest absolute Gasteiger partial charge is 0.329 e. The summed E-state index contributed by atoms with van der Waals surface area (Å²) in [4.78, 5) is 21.8. The third kappa shape index (κ3) is 2.22. The smallest absolute Gasteiger partial charge is 0.240 e. The quantitative estimate of drug-likeness (QED) is 0.585. The highest BCUT2D eigenvalue weighted by Crippen LogP contribution is 2.23. The predicted octanol–water partition coefficient (Wildman–Crippen LogP) is -0.518. The second-order valence-corrected chi connectivity index (χ2v) is 4.43. The van der Waals surface area contributed by atoms with E-state index < -0.39 is 0 Å². The van der Waals surface area contributed by atoms with E-state index in [2.05, 4.69) is 5.32 Å². The number of thioether (sulfide) groups is 1. The maximum absolute atomic E-state index is 11.0. The molecule has 0 aromatic rings. The lowest BCUT2D eigenvalue weighted by Gasteiger charge is -2.10. The van der Waals surface area contributed by atoms with Gasteiger partial charge in [-0.3, -0.25) is 14.9 Å². The molecule has 5 heteroatoms. The summed E-state index contributed by atoms with van der Waals surface area (Å²) in [5, 5.41) is 2.26. The van der Waals surface area contributed by atoms with Crippen LogP contribution in [0, 0.1) is 0 Å². The van der Waals surface area contributed by atoms with E-state index in [0.717, 1.165) is 0 Å². The van der Waals surface area contributed by atoms with E-state index in [-0.39, 0.29) is 22.3 Å². The van der Waals surface area contributed by atoms with Crippen LogP contribution in [0.3, 0.4) is 0 Å². The van der Waals surface area contributed by atoms with Crippen molar-refractivity contribution in [2.24, 2.45) is 5.73 Å². The highest BCUT2D eigenvalue weighted by molar-refractivity contribution is 8.01. The highest BCUT2D eigenvalue weighted by Gasteiger charge is 2.31. The second-order valence-electron chi connectivity index (χ2n) is 2.79. The molecule has 1 aliphatic rings. The number of nitrogens with two attached hydrogens (primary N) is 1. The van der Waals surface area contributed by atoms with E-state index in [0.29, 0.717) is 13.0 Å². The highest BCUT2D eigenvalue weighted by atomic mass is 32.2. The molecule has 2 atom stereocenters. The van der Waals surface area contributed by atoms with E-state index in [1.807, 2.05) is 6.92 Å². The number of nitrogens with one attached hydrogen (secondary N) is 1. The Morgan fingerprint density at radius 1 is 1.75 bits per heavy atom. The Bertz CT molecular complexity index is 208. The van der Waals surface area contributed by atoms with Crippen LogP contribution < -0.4 is 11.1 Å². The number of hydrogen-bond acceptors (Lipinski definition) is 4. The summed E-state index contributed by atoms with van der Waals surface area (Å²) in [6, 6.07) is 0. The van der Waals surface area contributed by atoms with Gasteiger partial charge in [-0.2, -0.15) is 0 Å². The van der Waals surface area contributed by atoms with Gasteiger partial charge in [0.15, 0.2) is 0 Å². The maximum atomic E-state index is 11.0. The minimum absolute atomic E-state index is 0.176. The SMILES string of the molecule is CC(CN)SC1CC(=O)NC1=O. The summed E-state index contributed by atoms with van der Waals surface area (Å²) < 4.78 is 0. The van der Waals surface area contributed by atoms with Gasteiger partial charge in [0.05, 0.1) is 5.25 Å². The van der Waals surface area contributed by atoms with Crippen molar-refractivity contribution in [3.05, 3.63) is 0 Å². The van der Waals surface area contributed by atoms with Gasteiger partial charge in [-0.25, -0.2) is 0 Å². The van der Waals surface area contributed by atoms with Crippen LogP contribution in [0.5, 0.6) is 0 Å². The zero-order chi connectivity index (χ0) is 9.14. The van der Waals surface area contributed by atoms with Crippen LogP contribution in [-0.4, -0.2) is 28.9 Å². The summed E-state index contributed by atoms with van der Waals surface area (Å²) in [6.45, 7) is 2.48. The van der Waals surface area contributed by atoms with Crippen LogP contribution in [0.1, 0.15) is 13.3 Å². The summed E-state index contributed by atoms with van der Waals surface area (Å²) in [7, 11) is 0. The molecule has 3 N–H and O–H groups in total. The van der Waals surface area contributed by atoms with Crippen molar-refractivity contribution in [1.29, 1.82) is 0 Å². The molecule has 1 heterocycles. The van der Waals surface area contributed by atoms with Crippen molar-refractivity contribution in [1.82, 2.24) is 5.32 Å². The molecule has 0 spiro atoms. The maximum Gasteiger partial charge on any atom is 0.240 e. The Morgan fingerprint density at radius 3 is 2.83 bits per heavy atom. The Hall–Kier alpha value is -0.550. The van der Waals surface area contributed by atoms with Crippen molar-refractivity contribution in [3.8, 4) is 0 Å². The first kappa shape index (κ1) is 9.54. The lowest BCUT2D eigenvalue weighted by atomic mass is 10.3. The van der Waals surface area contributed by atoms with E-state index >= 15 is 0 Å². The number of amides is 2. The Labute approximate surface area is 75.3 Å². The van der Waals surface area contributed by atoms with Crippen LogP contribution in [0.2, 0.25) is 0 Å². The number of imide groups is 1. The van der Waals surface area contributed by atoms with Gasteiger partial charge in [-0.05, 0) is 0 Å². The zero-order valence-corrected chi connectivity index (χ0v) is 7.69. The van der Waals surface area contributed by atoms with Crippen molar-refractivity contribution < 1.29 is 9.59 Å². The van der Waals surface area contributed by atoms with Crippen molar-refractivity contribution in [2.45, 2.75) is 23.8 Å². The lowest BCUT2D eigenvalue weighted by molar-refractivity contribution is -0.124. The number of hydrogen-bond donors (Lipinski definition) is 2. The molecule has 0 aromatic carbocycles. The molecule has 0 bridgehead atoms. The van der Waals surface area contributed by atoms with E-state index in [9.17, 15) is 9.59 Å². The fraction of sp³-hybridized carbons (Fsp3) is 0.714. The number of carbonyl (C=O) groups is 2. The lowest BCUT2D eigenvalue weighted by Crippen LogP contribution is -2.25. The fourth-order valence-corrected chi connectivity index (χ4v) is 2.08. The van der Waals surface area contributed by atoms with Gasteiger partial charge < -0.3 is 5.73 Å². The number of carbonyl (C=O) groups excluding carboxylic acids is 2. The Kier molecular flexibility index (Phi) is 3.11. The summed E-state index contributed by atoms with van der Waals surface area (Å²) in [5.74, 6) is -0.355. The molecule has 0 aromatic heterocycles. The summed E-state index contributed by atoms with van der Waals surface area (Å²) >= 11 is 1.46. The Balaban J connectivity index is 2.43. The topological polar surface area (TPSA) is 72.2 Å². The fourth-order valence-electron chi connectivity index (χ4n) is 0.976. The zero-order valence-electron chi connectivity index (χ0n) is 6.87. The molecule has 1 aliphatic heterocycles. The van der Waals surface area contributed by atoms with Crippen molar-refractivity contribution >= 4 is 23.6 Å². The molecule has 0 aliphatic carbocycles. The molecule has 4 nitrogen and oxygen atoms in total. The normalized spacial score (nSPS) is 25.7. The average molecular weight is 188 g/mol. The second kappa shape index (κ2) is 3.91. The first-order valence-electron chi connectivity index (χ1n) is 3.82. The van der Waals surface area contributed by atoms with Crippen molar-refractivity contribution in [2.75, 3.05) is 6.54 Å². The van der Waals surface area contributed by atoms with Crippen LogP contribution in [0.25, 0.3) is 0 Å². The van der Waals surface area contributed by atoms with E-state index in [1.165, 1.54) is 11.8 Å². The molecule has 1 rings (SSSR count). The molecule has 1 saturated heterocycles. The molecule has 2 unspecified atom stereocenters. The third-order valence-electron chi connectivity index (χ3n) is 1.65. The molecule has 0 radical (unpaired) electrons. The van der Waals surface area contributed by atoms with Gasteiger partial charge in [0.25, 0.3) is 0 Å². The third-order valence-corrected chi connectivity index (χ3v) is 3.02. The van der Waals surface area contributed by atoms with Gasteiger partial charge in [-0.15, -0.1) is 11.8 Å². The first-order chi connectivity index (χ1) is 5.63. The van der Waals surface area contributed by atoms with Crippen LogP contribution in [-0.2, 0) is 9.59 Å². The van der Waals surface area contributed by atoms with Crippen molar-refractivity contribution in [3.63, 3.8) is 0 Å². The van der Waals surface area contributed by atoms with Gasteiger partial charge in [0.2, 0.25) is 11.8 Å². The minimum Gasteiger partial charge on any atom is -0.329 e. The summed E-state index contributed by atoms with van der Waals surface area (Å²) in [5.41, 5.74) is 5.39. The Morgan fingerprint density at radius 2 is 2.42 bits per heavy atom. The predicted molar refractivity (Wildman–Crippen MR) is 47.7 cm³/mol.